The molecular weight excluding hydrogens is 237 g/mol. The lowest BCUT2D eigenvalue weighted by atomic mass is 10.3. The van der Waals surface area contributed by atoms with Gasteiger partial charge in [0.1, 0.15) is 18.2 Å². The molecule has 0 aliphatic carbocycles. The zero-order valence-electron chi connectivity index (χ0n) is 10.4. The van der Waals surface area contributed by atoms with Crippen LogP contribution in [0, 0.1) is 5.82 Å². The molecule has 0 unspecified atom stereocenters. The van der Waals surface area contributed by atoms with E-state index in [0.717, 1.165) is 0 Å². The van der Waals surface area contributed by atoms with Gasteiger partial charge < -0.3 is 14.6 Å². The van der Waals surface area contributed by atoms with Crippen LogP contribution in [0.3, 0.4) is 0 Å². The van der Waals surface area contributed by atoms with Gasteiger partial charge in [-0.3, -0.25) is 4.90 Å². The van der Waals surface area contributed by atoms with Gasteiger partial charge in [0.25, 0.3) is 0 Å². The third kappa shape index (κ3) is 3.41. The second-order valence-electron chi connectivity index (χ2n) is 4.40. The summed E-state index contributed by atoms with van der Waals surface area (Å²) >= 11 is 0. The van der Waals surface area contributed by atoms with Crippen LogP contribution >= 0.6 is 0 Å². The van der Waals surface area contributed by atoms with Crippen molar-refractivity contribution in [3.63, 3.8) is 0 Å². The molecule has 0 spiro atoms. The second kappa shape index (κ2) is 6.13. The topological polar surface area (TPSA) is 41.9 Å². The average molecular weight is 255 g/mol. The summed E-state index contributed by atoms with van der Waals surface area (Å²) in [5.41, 5.74) is 0. The van der Waals surface area contributed by atoms with Crippen molar-refractivity contribution >= 4 is 0 Å². The molecule has 1 saturated heterocycles. The van der Waals surface area contributed by atoms with E-state index in [0.29, 0.717) is 32.0 Å². The summed E-state index contributed by atoms with van der Waals surface area (Å²) in [6, 6.07) is 5.95. The van der Waals surface area contributed by atoms with Crippen LogP contribution in [0.4, 0.5) is 4.39 Å². The number of likely N-dealkylation sites (tertiary alicyclic amines) is 1. The molecule has 5 heteroatoms. The molecule has 2 rings (SSSR count). The van der Waals surface area contributed by atoms with E-state index in [2.05, 4.69) is 4.90 Å². The maximum atomic E-state index is 12.7. The molecule has 1 fully saturated rings. The van der Waals surface area contributed by atoms with Gasteiger partial charge in [-0.25, -0.2) is 4.39 Å². The number of aliphatic hydroxyl groups is 1. The van der Waals surface area contributed by atoms with E-state index in [9.17, 15) is 9.50 Å². The lowest BCUT2D eigenvalue weighted by Crippen LogP contribution is -2.27. The monoisotopic (exact) mass is 255 g/mol. The number of benzene rings is 1. The number of ether oxygens (including phenoxy) is 2. The minimum absolute atomic E-state index is 0.115. The first-order valence-corrected chi connectivity index (χ1v) is 6.00. The quantitative estimate of drug-likeness (QED) is 0.848. The first-order valence-electron chi connectivity index (χ1n) is 6.00. The van der Waals surface area contributed by atoms with Crippen molar-refractivity contribution in [3.8, 4) is 5.75 Å². The summed E-state index contributed by atoms with van der Waals surface area (Å²) in [5.74, 6) is 0.382. The van der Waals surface area contributed by atoms with Crippen molar-refractivity contribution in [2.45, 2.75) is 12.2 Å². The molecular formula is C13H18FNO3. The summed E-state index contributed by atoms with van der Waals surface area (Å²) in [4.78, 5) is 2.09. The highest BCUT2D eigenvalue weighted by atomic mass is 19.1. The fourth-order valence-corrected chi connectivity index (χ4v) is 2.07. The Morgan fingerprint density at radius 1 is 1.33 bits per heavy atom. The van der Waals surface area contributed by atoms with Crippen LogP contribution in [0.5, 0.6) is 5.75 Å². The van der Waals surface area contributed by atoms with Crippen LogP contribution in [0.25, 0.3) is 0 Å². The molecule has 1 aromatic rings. The van der Waals surface area contributed by atoms with Gasteiger partial charge in [-0.1, -0.05) is 0 Å². The number of methoxy groups -OCH3 is 1. The number of nitrogens with zero attached hydrogens (tertiary/aromatic N) is 1. The summed E-state index contributed by atoms with van der Waals surface area (Å²) in [6.45, 7) is 2.54. The number of rotatable bonds is 5. The van der Waals surface area contributed by atoms with Gasteiger partial charge in [-0.15, -0.1) is 0 Å². The highest BCUT2D eigenvalue weighted by Gasteiger charge is 2.30. The highest BCUT2D eigenvalue weighted by molar-refractivity contribution is 5.21. The Bertz CT molecular complexity index is 371. The first kappa shape index (κ1) is 13.3. The first-order chi connectivity index (χ1) is 8.69. The number of hydrogen-bond donors (Lipinski definition) is 1. The van der Waals surface area contributed by atoms with Crippen LogP contribution < -0.4 is 4.74 Å². The third-order valence-electron chi connectivity index (χ3n) is 3.11. The predicted octanol–water partition coefficient (Wildman–Crippen LogP) is 0.896. The van der Waals surface area contributed by atoms with Gasteiger partial charge in [-0.05, 0) is 24.3 Å². The van der Waals surface area contributed by atoms with E-state index in [-0.39, 0.29) is 11.9 Å². The molecule has 18 heavy (non-hydrogen) atoms. The molecule has 1 aliphatic rings. The van der Waals surface area contributed by atoms with E-state index in [1.165, 1.54) is 12.1 Å². The molecule has 1 N–H and O–H groups in total. The molecule has 0 radical (unpaired) electrons. The number of β-amino-alcohol motifs (C(OH)–C–C–N with tert-alkyl or cyclic N) is 1. The largest absolute Gasteiger partial charge is 0.492 e. The molecule has 1 aromatic carbocycles. The van der Waals surface area contributed by atoms with Crippen molar-refractivity contribution in [2.75, 3.05) is 33.4 Å². The maximum Gasteiger partial charge on any atom is 0.123 e. The highest BCUT2D eigenvalue weighted by Crippen LogP contribution is 2.14. The van der Waals surface area contributed by atoms with Crippen molar-refractivity contribution in [1.29, 1.82) is 0 Å². The van der Waals surface area contributed by atoms with Crippen molar-refractivity contribution < 1.29 is 19.0 Å². The molecule has 100 valence electrons. The summed E-state index contributed by atoms with van der Waals surface area (Å²) < 4.78 is 23.3. The summed E-state index contributed by atoms with van der Waals surface area (Å²) in [7, 11) is 1.60. The lowest BCUT2D eigenvalue weighted by molar-refractivity contribution is 0.0214. The van der Waals surface area contributed by atoms with Crippen LogP contribution in [0.2, 0.25) is 0 Å². The lowest BCUT2D eigenvalue weighted by Gasteiger charge is -2.15. The van der Waals surface area contributed by atoms with Gasteiger partial charge in [0.15, 0.2) is 0 Å². The minimum atomic E-state index is -0.430. The second-order valence-corrected chi connectivity index (χ2v) is 4.40. The van der Waals surface area contributed by atoms with E-state index in [1.807, 2.05) is 0 Å². The van der Waals surface area contributed by atoms with Crippen LogP contribution in [-0.2, 0) is 4.74 Å². The van der Waals surface area contributed by atoms with Gasteiger partial charge in [0, 0.05) is 26.7 Å². The molecule has 1 aliphatic heterocycles. The van der Waals surface area contributed by atoms with Gasteiger partial charge in [-0.2, -0.15) is 0 Å². The Morgan fingerprint density at radius 3 is 2.67 bits per heavy atom. The fraction of sp³-hybridized carbons (Fsp3) is 0.538. The Balaban J connectivity index is 1.71. The molecule has 0 saturated carbocycles. The zero-order valence-corrected chi connectivity index (χ0v) is 10.4. The SMILES string of the molecule is CO[C@H]1CN(CCOc2ccc(F)cc2)C[C@@H]1O. The Morgan fingerprint density at radius 2 is 2.06 bits per heavy atom. The zero-order chi connectivity index (χ0) is 13.0. The van der Waals surface area contributed by atoms with E-state index in [1.54, 1.807) is 19.2 Å². The minimum Gasteiger partial charge on any atom is -0.492 e. The molecule has 0 aromatic heterocycles. The van der Waals surface area contributed by atoms with Crippen LogP contribution in [0.15, 0.2) is 24.3 Å². The van der Waals surface area contributed by atoms with E-state index >= 15 is 0 Å². The number of halogens is 1. The van der Waals surface area contributed by atoms with Gasteiger partial charge >= 0.3 is 0 Å². The van der Waals surface area contributed by atoms with Gasteiger partial charge in [0.05, 0.1) is 12.2 Å². The fourth-order valence-electron chi connectivity index (χ4n) is 2.07. The number of aliphatic hydroxyl groups excluding tert-OH is 1. The van der Waals surface area contributed by atoms with Gasteiger partial charge in [0.2, 0.25) is 0 Å². The smallest absolute Gasteiger partial charge is 0.123 e. The average Bonchev–Trinajstić information content (AvgIpc) is 2.72. The Kier molecular flexibility index (Phi) is 4.52. The van der Waals surface area contributed by atoms with Crippen molar-refractivity contribution in [2.24, 2.45) is 0 Å². The summed E-state index contributed by atoms with van der Waals surface area (Å²) in [5, 5.41) is 9.66. The van der Waals surface area contributed by atoms with Crippen LogP contribution in [0.1, 0.15) is 0 Å². The molecule has 4 nitrogen and oxygen atoms in total. The predicted molar refractivity (Wildman–Crippen MR) is 65.1 cm³/mol. The van der Waals surface area contributed by atoms with Crippen molar-refractivity contribution in [3.05, 3.63) is 30.1 Å². The standard InChI is InChI=1S/C13H18FNO3/c1-17-13-9-15(8-12(13)16)6-7-18-11-4-2-10(14)3-5-11/h2-5,12-13,16H,6-9H2,1H3/t12-,13-/m0/s1. The molecule has 0 bridgehead atoms. The molecule has 0 amide bonds. The van der Waals surface area contributed by atoms with Crippen molar-refractivity contribution in [1.82, 2.24) is 4.90 Å². The molecule has 1 heterocycles. The van der Waals surface area contributed by atoms with Crippen LogP contribution in [-0.4, -0.2) is 55.6 Å². The number of hydrogen-bond acceptors (Lipinski definition) is 4. The Labute approximate surface area is 106 Å². The van der Waals surface area contributed by atoms with E-state index < -0.39 is 6.10 Å². The third-order valence-corrected chi connectivity index (χ3v) is 3.11. The normalized spacial score (nSPS) is 24.4. The molecule has 2 atom stereocenters. The summed E-state index contributed by atoms with van der Waals surface area (Å²) in [6.07, 6.45) is -0.545. The maximum absolute atomic E-state index is 12.7. The van der Waals surface area contributed by atoms with E-state index in [4.69, 9.17) is 9.47 Å². The Hall–Kier alpha value is -1.17.